The monoisotopic (exact) mass is 738 g/mol. The predicted octanol–water partition coefficient (Wildman–Crippen LogP) is 14.1. The van der Waals surface area contributed by atoms with Gasteiger partial charge in [-0.05, 0) is 65.4 Å². The maximum absolute atomic E-state index is 2.49. The molecule has 270 valence electrons. The minimum atomic E-state index is 1.12. The fraction of sp³-hybridized carbons (Fsp3) is 0. The molecule has 4 nitrogen and oxygen atoms in total. The molecule has 0 saturated heterocycles. The average molecular weight is 739 g/mol. The summed E-state index contributed by atoms with van der Waals surface area (Å²) in [6.45, 7) is 0. The Balaban J connectivity index is 1.13. The van der Waals surface area contributed by atoms with Gasteiger partial charge in [-0.3, -0.25) is 0 Å². The van der Waals surface area contributed by atoms with Crippen LogP contribution in [0.2, 0.25) is 0 Å². The van der Waals surface area contributed by atoms with Gasteiger partial charge in [-0.1, -0.05) is 152 Å². The van der Waals surface area contributed by atoms with E-state index in [9.17, 15) is 0 Å². The molecule has 58 heavy (non-hydrogen) atoms. The Hall–Kier alpha value is -7.82. The average Bonchev–Trinajstić information content (AvgIpc) is 4.01. The molecule has 4 heteroatoms. The lowest BCUT2D eigenvalue weighted by atomic mass is 10.1. The van der Waals surface area contributed by atoms with Crippen LogP contribution in [0.4, 0.5) is 0 Å². The summed E-state index contributed by atoms with van der Waals surface area (Å²) in [5, 5.41) is 9.81. The molecule has 4 aromatic heterocycles. The van der Waals surface area contributed by atoms with Gasteiger partial charge in [-0.2, -0.15) is 0 Å². The Morgan fingerprint density at radius 1 is 0.224 bits per heavy atom. The Bertz CT molecular complexity index is 3540. The smallest absolute Gasteiger partial charge is 0.0804 e. The molecule has 0 aliphatic carbocycles. The Labute approximate surface area is 333 Å². The molecule has 0 atom stereocenters. The van der Waals surface area contributed by atoms with Gasteiger partial charge in [0.1, 0.15) is 0 Å². The molecule has 0 aliphatic rings. The summed E-state index contributed by atoms with van der Waals surface area (Å²) in [6.07, 6.45) is 0. The topological polar surface area (TPSA) is 19.7 Å². The van der Waals surface area contributed by atoms with Gasteiger partial charge in [0.15, 0.2) is 0 Å². The summed E-state index contributed by atoms with van der Waals surface area (Å²) in [4.78, 5) is 0. The zero-order valence-corrected chi connectivity index (χ0v) is 31.4. The minimum absolute atomic E-state index is 1.12. The second-order valence-corrected chi connectivity index (χ2v) is 15.3. The standard InChI is InChI=1S/C54H34N4/c1-3-22-39-35(16-1)18-13-32-45(39)57-49-30-11-7-26-43(49)51-53(57)41-24-5-9-28-47(41)55(51)37-20-15-21-38(34-37)56-48-29-10-6-25-42(48)54-52(56)44-27-8-12-31-50(44)58(54)46-33-14-19-36-17-2-4-23-40(36)46/h1-34H. The van der Waals surface area contributed by atoms with E-state index in [1.165, 1.54) is 98.6 Å². The van der Waals surface area contributed by atoms with Crippen LogP contribution < -0.4 is 0 Å². The Morgan fingerprint density at radius 2 is 0.517 bits per heavy atom. The van der Waals surface area contributed by atoms with Crippen LogP contribution in [0.1, 0.15) is 0 Å². The van der Waals surface area contributed by atoms with Crippen molar-refractivity contribution in [3.05, 3.63) is 206 Å². The lowest BCUT2D eigenvalue weighted by Crippen LogP contribution is -1.98. The molecule has 0 N–H and O–H groups in total. The van der Waals surface area contributed by atoms with Crippen LogP contribution in [0.5, 0.6) is 0 Å². The van der Waals surface area contributed by atoms with Gasteiger partial charge in [-0.15, -0.1) is 0 Å². The van der Waals surface area contributed by atoms with Crippen molar-refractivity contribution < 1.29 is 0 Å². The fourth-order valence-corrected chi connectivity index (χ4v) is 9.99. The third-order valence-corrected chi connectivity index (χ3v) is 12.3. The molecule has 13 rings (SSSR count). The molecule has 0 amide bonds. The van der Waals surface area contributed by atoms with E-state index >= 15 is 0 Å². The van der Waals surface area contributed by atoms with Crippen molar-refractivity contribution in [3.8, 4) is 22.7 Å². The molecule has 0 spiro atoms. The third-order valence-electron chi connectivity index (χ3n) is 12.3. The molecule has 9 aromatic carbocycles. The SMILES string of the molecule is c1cc(-n2c3ccccc3c3c2c2ccccc2n3-c2cccc3ccccc23)cc(-n2c3ccccc3c3c2c2ccccc2n3-c2cccc3ccccc23)c1. The van der Waals surface area contributed by atoms with Gasteiger partial charge in [0.25, 0.3) is 0 Å². The van der Waals surface area contributed by atoms with Crippen LogP contribution in [0.15, 0.2) is 206 Å². The fourth-order valence-electron chi connectivity index (χ4n) is 9.99. The molecule has 0 unspecified atom stereocenters. The first-order valence-electron chi connectivity index (χ1n) is 20.0. The second-order valence-electron chi connectivity index (χ2n) is 15.3. The summed E-state index contributed by atoms with van der Waals surface area (Å²) in [5.41, 5.74) is 14.2. The highest BCUT2D eigenvalue weighted by Crippen LogP contribution is 2.44. The first-order chi connectivity index (χ1) is 28.8. The summed E-state index contributed by atoms with van der Waals surface area (Å²) in [6, 6.07) is 75.4. The molecule has 0 fully saturated rings. The van der Waals surface area contributed by atoms with Gasteiger partial charge in [-0.25, -0.2) is 0 Å². The molecular formula is C54H34N4. The molecule has 0 saturated carbocycles. The number of aromatic nitrogens is 4. The van der Waals surface area contributed by atoms with Gasteiger partial charge in [0, 0.05) is 43.7 Å². The van der Waals surface area contributed by atoms with Gasteiger partial charge in [0.05, 0.1) is 55.5 Å². The van der Waals surface area contributed by atoms with Crippen molar-refractivity contribution >= 4 is 87.2 Å². The first kappa shape index (κ1) is 31.4. The predicted molar refractivity (Wildman–Crippen MR) is 244 cm³/mol. The normalized spacial score (nSPS) is 12.1. The number of nitrogens with zero attached hydrogens (tertiary/aromatic N) is 4. The lowest BCUT2D eigenvalue weighted by molar-refractivity contribution is 1.14. The highest BCUT2D eigenvalue weighted by Gasteiger charge is 2.25. The van der Waals surface area contributed by atoms with Crippen LogP contribution >= 0.6 is 0 Å². The Morgan fingerprint density at radius 3 is 0.931 bits per heavy atom. The summed E-state index contributed by atoms with van der Waals surface area (Å²) in [5.74, 6) is 0. The van der Waals surface area contributed by atoms with E-state index in [1.54, 1.807) is 0 Å². The van der Waals surface area contributed by atoms with E-state index in [2.05, 4.69) is 225 Å². The second kappa shape index (κ2) is 11.8. The van der Waals surface area contributed by atoms with E-state index in [-0.39, 0.29) is 0 Å². The van der Waals surface area contributed by atoms with E-state index in [0.717, 1.165) is 11.4 Å². The minimum Gasteiger partial charge on any atom is -0.307 e. The molecular weight excluding hydrogens is 705 g/mol. The maximum Gasteiger partial charge on any atom is 0.0804 e. The highest BCUT2D eigenvalue weighted by molar-refractivity contribution is 6.22. The van der Waals surface area contributed by atoms with Crippen molar-refractivity contribution in [3.63, 3.8) is 0 Å². The highest BCUT2D eigenvalue weighted by atomic mass is 15.1. The third kappa shape index (κ3) is 4.18. The van der Waals surface area contributed by atoms with Crippen molar-refractivity contribution in [1.82, 2.24) is 18.3 Å². The Kier molecular flexibility index (Phi) is 6.41. The number of para-hydroxylation sites is 4. The molecule has 0 radical (unpaired) electrons. The number of benzene rings is 9. The van der Waals surface area contributed by atoms with E-state index < -0.39 is 0 Å². The first-order valence-corrected chi connectivity index (χ1v) is 20.0. The number of hydrogen-bond donors (Lipinski definition) is 0. The number of rotatable bonds is 4. The maximum atomic E-state index is 2.49. The van der Waals surface area contributed by atoms with Crippen LogP contribution in [0.25, 0.3) is 110 Å². The van der Waals surface area contributed by atoms with Crippen LogP contribution in [0.3, 0.4) is 0 Å². The molecule has 13 aromatic rings. The zero-order chi connectivity index (χ0) is 37.9. The largest absolute Gasteiger partial charge is 0.307 e. The summed E-state index contributed by atoms with van der Waals surface area (Å²) >= 11 is 0. The summed E-state index contributed by atoms with van der Waals surface area (Å²) < 4.78 is 9.95. The van der Waals surface area contributed by atoms with Crippen LogP contribution in [0, 0.1) is 0 Å². The lowest BCUT2D eigenvalue weighted by Gasteiger charge is -2.13. The van der Waals surface area contributed by atoms with E-state index in [0.29, 0.717) is 0 Å². The molecule has 0 aliphatic heterocycles. The van der Waals surface area contributed by atoms with Crippen molar-refractivity contribution in [2.75, 3.05) is 0 Å². The van der Waals surface area contributed by atoms with E-state index in [4.69, 9.17) is 0 Å². The number of fused-ring (bicyclic) bond motifs is 12. The summed E-state index contributed by atoms with van der Waals surface area (Å²) in [7, 11) is 0. The number of hydrogen-bond acceptors (Lipinski definition) is 0. The quantitative estimate of drug-likeness (QED) is 0.171. The molecule has 4 heterocycles. The van der Waals surface area contributed by atoms with Crippen LogP contribution in [-0.4, -0.2) is 18.3 Å². The van der Waals surface area contributed by atoms with Crippen molar-refractivity contribution in [2.24, 2.45) is 0 Å². The molecule has 0 bridgehead atoms. The van der Waals surface area contributed by atoms with Crippen LogP contribution in [-0.2, 0) is 0 Å². The van der Waals surface area contributed by atoms with E-state index in [1.807, 2.05) is 0 Å². The van der Waals surface area contributed by atoms with Gasteiger partial charge in [0.2, 0.25) is 0 Å². The van der Waals surface area contributed by atoms with Crippen molar-refractivity contribution in [2.45, 2.75) is 0 Å². The van der Waals surface area contributed by atoms with Gasteiger partial charge >= 0.3 is 0 Å². The van der Waals surface area contributed by atoms with Gasteiger partial charge < -0.3 is 18.3 Å². The zero-order valence-electron chi connectivity index (χ0n) is 31.4. The van der Waals surface area contributed by atoms with Crippen molar-refractivity contribution in [1.29, 1.82) is 0 Å².